The van der Waals surface area contributed by atoms with E-state index < -0.39 is 30.8 Å². The smallest absolute Gasteiger partial charge is 0.321 e. The lowest BCUT2D eigenvalue weighted by atomic mass is 10.3. The summed E-state index contributed by atoms with van der Waals surface area (Å²) in [6.45, 7) is -0.420. The molecular formula is C7H14N2O5S2. The van der Waals surface area contributed by atoms with Crippen molar-refractivity contribution in [1.29, 1.82) is 0 Å². The molecule has 0 heterocycles. The average Bonchev–Trinajstić information content (AvgIpc) is 2.21. The second-order valence-corrected chi connectivity index (χ2v) is 5.32. The minimum absolute atomic E-state index is 0.200. The van der Waals surface area contributed by atoms with Crippen molar-refractivity contribution >= 4 is 33.5 Å². The topological polar surface area (TPSA) is 133 Å². The highest BCUT2D eigenvalue weighted by Crippen LogP contribution is 2.22. The zero-order chi connectivity index (χ0) is 12.6. The maximum atomic E-state index is 10.6. The quantitative estimate of drug-likeness (QED) is 0.198. The molecule has 0 aliphatic carbocycles. The molecule has 0 spiro atoms. The number of carboxylic acid groups (broad SMARTS) is 2. The van der Waals surface area contributed by atoms with Crippen LogP contribution >= 0.6 is 21.6 Å². The van der Waals surface area contributed by atoms with E-state index in [1.807, 2.05) is 0 Å². The van der Waals surface area contributed by atoms with Gasteiger partial charge in [0.2, 0.25) is 0 Å². The van der Waals surface area contributed by atoms with Gasteiger partial charge < -0.3 is 21.1 Å². The predicted molar refractivity (Wildman–Crippen MR) is 62.2 cm³/mol. The van der Waals surface area contributed by atoms with Crippen LogP contribution in [0.4, 0.5) is 0 Å². The maximum Gasteiger partial charge on any atom is 0.321 e. The van der Waals surface area contributed by atoms with Crippen LogP contribution < -0.4 is 11.1 Å². The Balaban J connectivity index is 3.70. The van der Waals surface area contributed by atoms with Gasteiger partial charge in [-0.25, -0.2) is 0 Å². The Bertz CT molecular complexity index is 241. The van der Waals surface area contributed by atoms with Crippen LogP contribution in [0.1, 0.15) is 0 Å². The molecule has 2 atom stereocenters. The van der Waals surface area contributed by atoms with Gasteiger partial charge in [0.25, 0.3) is 0 Å². The zero-order valence-corrected chi connectivity index (χ0v) is 9.96. The van der Waals surface area contributed by atoms with Crippen LogP contribution in [0, 0.1) is 0 Å². The third-order valence-corrected chi connectivity index (χ3v) is 3.97. The molecule has 0 aliphatic heterocycles. The second kappa shape index (κ2) is 8.65. The SMILES string of the molecule is NC(CSSC[C@H](NCO)C(=O)O)C(=O)O. The van der Waals surface area contributed by atoms with Gasteiger partial charge in [-0.05, 0) is 0 Å². The van der Waals surface area contributed by atoms with Crippen LogP contribution in [0.2, 0.25) is 0 Å². The Morgan fingerprint density at radius 2 is 1.75 bits per heavy atom. The molecule has 0 saturated carbocycles. The molecule has 9 heteroatoms. The van der Waals surface area contributed by atoms with Crippen molar-refractivity contribution in [2.45, 2.75) is 12.1 Å². The number of aliphatic hydroxyl groups is 1. The molecule has 7 nitrogen and oxygen atoms in total. The van der Waals surface area contributed by atoms with Gasteiger partial charge in [0.05, 0.1) is 6.73 Å². The predicted octanol–water partition coefficient (Wildman–Crippen LogP) is -1.23. The summed E-state index contributed by atoms with van der Waals surface area (Å²) in [7, 11) is 2.38. The second-order valence-electron chi connectivity index (χ2n) is 2.77. The van der Waals surface area contributed by atoms with E-state index in [1.54, 1.807) is 0 Å². The molecule has 16 heavy (non-hydrogen) atoms. The van der Waals surface area contributed by atoms with E-state index in [2.05, 4.69) is 5.32 Å². The molecular weight excluding hydrogens is 256 g/mol. The lowest BCUT2D eigenvalue weighted by Crippen LogP contribution is -2.39. The summed E-state index contributed by atoms with van der Waals surface area (Å²) in [5.74, 6) is -1.74. The monoisotopic (exact) mass is 270 g/mol. The Morgan fingerprint density at radius 1 is 1.19 bits per heavy atom. The molecule has 0 bridgehead atoms. The van der Waals surface area contributed by atoms with Gasteiger partial charge >= 0.3 is 11.9 Å². The molecule has 0 fully saturated rings. The lowest BCUT2D eigenvalue weighted by Gasteiger charge is -2.11. The van der Waals surface area contributed by atoms with Crippen molar-refractivity contribution in [3.63, 3.8) is 0 Å². The first-order valence-corrected chi connectivity index (χ1v) is 6.77. The normalized spacial score (nSPS) is 14.4. The molecule has 94 valence electrons. The number of carbonyl (C=O) groups is 2. The summed E-state index contributed by atoms with van der Waals surface area (Å²) in [6.07, 6.45) is 0. The fraction of sp³-hybridized carbons (Fsp3) is 0.714. The molecule has 0 radical (unpaired) electrons. The van der Waals surface area contributed by atoms with Crippen molar-refractivity contribution in [2.24, 2.45) is 5.73 Å². The first-order chi connectivity index (χ1) is 7.49. The van der Waals surface area contributed by atoms with Crippen molar-refractivity contribution in [3.8, 4) is 0 Å². The largest absolute Gasteiger partial charge is 0.480 e. The lowest BCUT2D eigenvalue weighted by molar-refractivity contribution is -0.139. The van der Waals surface area contributed by atoms with E-state index in [4.69, 9.17) is 21.1 Å². The van der Waals surface area contributed by atoms with Gasteiger partial charge in [-0.2, -0.15) is 0 Å². The van der Waals surface area contributed by atoms with Crippen LogP contribution in [0.3, 0.4) is 0 Å². The van der Waals surface area contributed by atoms with E-state index in [-0.39, 0.29) is 11.5 Å². The number of rotatable bonds is 9. The van der Waals surface area contributed by atoms with E-state index in [0.717, 1.165) is 0 Å². The van der Waals surface area contributed by atoms with Gasteiger partial charge in [-0.3, -0.25) is 14.9 Å². The fourth-order valence-electron chi connectivity index (χ4n) is 0.637. The van der Waals surface area contributed by atoms with E-state index in [9.17, 15) is 9.59 Å². The highest BCUT2D eigenvalue weighted by atomic mass is 33.1. The minimum atomic E-state index is -1.09. The number of hydrogen-bond donors (Lipinski definition) is 5. The molecule has 1 unspecified atom stereocenters. The van der Waals surface area contributed by atoms with Crippen molar-refractivity contribution in [2.75, 3.05) is 18.2 Å². The molecule has 0 rings (SSSR count). The number of aliphatic carboxylic acids is 2. The van der Waals surface area contributed by atoms with Gasteiger partial charge in [0.1, 0.15) is 12.1 Å². The van der Waals surface area contributed by atoms with E-state index in [0.29, 0.717) is 0 Å². The molecule has 0 aromatic rings. The summed E-state index contributed by atoms with van der Waals surface area (Å²) in [4.78, 5) is 21.0. The Labute approximate surface area is 100 Å². The van der Waals surface area contributed by atoms with Crippen molar-refractivity contribution in [3.05, 3.63) is 0 Å². The number of nitrogens with two attached hydrogens (primary N) is 1. The molecule has 0 aliphatic rings. The number of carboxylic acids is 2. The average molecular weight is 270 g/mol. The van der Waals surface area contributed by atoms with E-state index >= 15 is 0 Å². The van der Waals surface area contributed by atoms with Crippen LogP contribution in [-0.4, -0.2) is 57.6 Å². The molecule has 0 aromatic carbocycles. The molecule has 0 aromatic heterocycles. The van der Waals surface area contributed by atoms with Gasteiger partial charge in [-0.15, -0.1) is 0 Å². The van der Waals surface area contributed by atoms with Crippen LogP contribution in [0.5, 0.6) is 0 Å². The standard InChI is InChI=1S/C7H14N2O5S2/c8-4(6(11)12)1-15-16-2-5(7(13)14)9-3-10/h4-5,9-10H,1-3,8H2,(H,11,12)(H,13,14)/t4?,5-/m0/s1. The number of aliphatic hydroxyl groups excluding tert-OH is 1. The number of nitrogens with one attached hydrogen (secondary N) is 1. The first-order valence-electron chi connectivity index (χ1n) is 4.29. The van der Waals surface area contributed by atoms with Gasteiger partial charge in [0.15, 0.2) is 0 Å². The fourth-order valence-corrected chi connectivity index (χ4v) is 2.94. The van der Waals surface area contributed by atoms with Crippen LogP contribution in [0.25, 0.3) is 0 Å². The van der Waals surface area contributed by atoms with Gasteiger partial charge in [-0.1, -0.05) is 21.6 Å². The molecule has 0 saturated heterocycles. The minimum Gasteiger partial charge on any atom is -0.480 e. The zero-order valence-electron chi connectivity index (χ0n) is 8.33. The van der Waals surface area contributed by atoms with Crippen molar-refractivity contribution in [1.82, 2.24) is 5.32 Å². The summed E-state index contributed by atoms with van der Waals surface area (Å²) < 4.78 is 0. The molecule has 0 amide bonds. The number of hydrogen-bond acceptors (Lipinski definition) is 7. The van der Waals surface area contributed by atoms with Crippen LogP contribution in [-0.2, 0) is 9.59 Å². The summed E-state index contributed by atoms with van der Waals surface area (Å²) in [5.41, 5.74) is 5.25. The third kappa shape index (κ3) is 6.90. The Hall–Kier alpha value is -0.480. The highest BCUT2D eigenvalue weighted by molar-refractivity contribution is 8.76. The Kier molecular flexibility index (Phi) is 8.39. The Morgan fingerprint density at radius 3 is 2.19 bits per heavy atom. The molecule has 6 N–H and O–H groups in total. The summed E-state index contributed by atoms with van der Waals surface area (Å²) in [5, 5.41) is 28.0. The summed E-state index contributed by atoms with van der Waals surface area (Å²) >= 11 is 0. The van der Waals surface area contributed by atoms with Gasteiger partial charge in [0, 0.05) is 11.5 Å². The van der Waals surface area contributed by atoms with Crippen molar-refractivity contribution < 1.29 is 24.9 Å². The first kappa shape index (κ1) is 15.5. The summed E-state index contributed by atoms with van der Waals surface area (Å²) in [6, 6.07) is -1.81. The third-order valence-electron chi connectivity index (χ3n) is 1.52. The maximum absolute atomic E-state index is 10.6. The van der Waals surface area contributed by atoms with E-state index in [1.165, 1.54) is 21.6 Å². The highest BCUT2D eigenvalue weighted by Gasteiger charge is 2.17. The van der Waals surface area contributed by atoms with Crippen LogP contribution in [0.15, 0.2) is 0 Å².